The summed E-state index contributed by atoms with van der Waals surface area (Å²) in [4.78, 5) is 0. The molecule has 4 heteroatoms. The zero-order valence-corrected chi connectivity index (χ0v) is 11.0. The van der Waals surface area contributed by atoms with Crippen molar-refractivity contribution in [1.82, 2.24) is 5.32 Å². The third-order valence-corrected chi connectivity index (χ3v) is 4.76. The first-order chi connectivity index (χ1) is 8.60. The molecule has 98 valence electrons. The zero-order valence-electron chi connectivity index (χ0n) is 10.2. The summed E-state index contributed by atoms with van der Waals surface area (Å²) in [5, 5.41) is 3.53. The van der Waals surface area contributed by atoms with Gasteiger partial charge in [-0.3, -0.25) is 0 Å². The van der Waals surface area contributed by atoms with Crippen molar-refractivity contribution in [2.75, 3.05) is 7.05 Å². The number of nitrogens with one attached hydrogen (secondary N) is 1. The van der Waals surface area contributed by atoms with Crippen molar-refractivity contribution in [3.05, 3.63) is 34.4 Å². The molecule has 18 heavy (non-hydrogen) atoms. The molecule has 2 aliphatic rings. The Morgan fingerprint density at radius 2 is 1.78 bits per heavy atom. The van der Waals surface area contributed by atoms with Crippen LogP contribution in [-0.4, -0.2) is 7.05 Å². The van der Waals surface area contributed by atoms with Gasteiger partial charge in [0.2, 0.25) is 0 Å². The average Bonchev–Trinajstić information content (AvgIpc) is 2.94. The smallest absolute Gasteiger partial charge is 0.160 e. The molecule has 2 aliphatic carbocycles. The van der Waals surface area contributed by atoms with Gasteiger partial charge in [-0.15, -0.1) is 0 Å². The van der Waals surface area contributed by atoms with Crippen LogP contribution in [0.3, 0.4) is 0 Å². The van der Waals surface area contributed by atoms with E-state index in [0.29, 0.717) is 16.5 Å². The Bertz CT molecular complexity index is 467. The molecule has 1 aromatic carbocycles. The Morgan fingerprint density at radius 3 is 2.39 bits per heavy atom. The van der Waals surface area contributed by atoms with Gasteiger partial charge in [0.05, 0.1) is 0 Å². The Labute approximate surface area is 111 Å². The fraction of sp³-hybridized carbons (Fsp3) is 0.571. The Morgan fingerprint density at radius 1 is 1.17 bits per heavy atom. The van der Waals surface area contributed by atoms with Crippen LogP contribution in [0.25, 0.3) is 0 Å². The highest BCUT2D eigenvalue weighted by Crippen LogP contribution is 2.57. The van der Waals surface area contributed by atoms with Crippen LogP contribution in [-0.2, 0) is 0 Å². The molecule has 0 amide bonds. The summed E-state index contributed by atoms with van der Waals surface area (Å²) in [6.07, 6.45) is 3.69. The van der Waals surface area contributed by atoms with E-state index >= 15 is 0 Å². The molecule has 3 unspecified atom stereocenters. The van der Waals surface area contributed by atoms with Gasteiger partial charge in [0.15, 0.2) is 11.6 Å². The maximum Gasteiger partial charge on any atom is 0.160 e. The highest BCUT2D eigenvalue weighted by Gasteiger charge is 2.48. The van der Waals surface area contributed by atoms with Gasteiger partial charge in [-0.1, -0.05) is 11.6 Å². The molecule has 2 saturated carbocycles. The van der Waals surface area contributed by atoms with Crippen molar-refractivity contribution < 1.29 is 8.78 Å². The van der Waals surface area contributed by atoms with E-state index in [1.807, 2.05) is 7.05 Å². The highest BCUT2D eigenvalue weighted by atomic mass is 35.5. The lowest BCUT2D eigenvalue weighted by atomic mass is 9.89. The van der Waals surface area contributed by atoms with Crippen LogP contribution < -0.4 is 5.32 Å². The number of rotatable bonds is 3. The SMILES string of the molecule is CNC(c1cc(F)c(F)cc1Cl)C1CC2CC2C1. The van der Waals surface area contributed by atoms with E-state index < -0.39 is 11.6 Å². The average molecular weight is 272 g/mol. The molecule has 3 atom stereocenters. The number of fused-ring (bicyclic) bond motifs is 1. The Hall–Kier alpha value is -0.670. The summed E-state index contributed by atoms with van der Waals surface area (Å²) in [5.41, 5.74) is 0.685. The van der Waals surface area contributed by atoms with Crippen LogP contribution in [0.1, 0.15) is 30.9 Å². The summed E-state index contributed by atoms with van der Waals surface area (Å²) in [5.74, 6) is 0.497. The normalized spacial score (nSPS) is 31.2. The second-order valence-electron chi connectivity index (χ2n) is 5.54. The van der Waals surface area contributed by atoms with Gasteiger partial charge in [0, 0.05) is 11.1 Å². The van der Waals surface area contributed by atoms with Crippen molar-refractivity contribution in [1.29, 1.82) is 0 Å². The third kappa shape index (κ3) is 2.04. The standard InChI is InChI=1S/C14H16ClF2N/c1-18-14(9-3-7-2-8(7)4-9)10-5-12(16)13(17)6-11(10)15/h5-9,14,18H,2-4H2,1H3. The van der Waals surface area contributed by atoms with Gasteiger partial charge in [-0.2, -0.15) is 0 Å². The number of benzene rings is 1. The topological polar surface area (TPSA) is 12.0 Å². The van der Waals surface area contributed by atoms with Gasteiger partial charge < -0.3 is 5.32 Å². The number of hydrogen-bond donors (Lipinski definition) is 1. The van der Waals surface area contributed by atoms with Crippen molar-refractivity contribution >= 4 is 11.6 Å². The van der Waals surface area contributed by atoms with E-state index in [1.54, 1.807) is 0 Å². The summed E-state index contributed by atoms with van der Waals surface area (Å²) in [7, 11) is 1.85. The van der Waals surface area contributed by atoms with Crippen molar-refractivity contribution in [2.45, 2.75) is 25.3 Å². The van der Waals surface area contributed by atoms with Crippen molar-refractivity contribution in [3.8, 4) is 0 Å². The molecule has 3 rings (SSSR count). The molecule has 0 radical (unpaired) electrons. The lowest BCUT2D eigenvalue weighted by Crippen LogP contribution is -2.25. The summed E-state index contributed by atoms with van der Waals surface area (Å²) in [6.45, 7) is 0. The van der Waals surface area contributed by atoms with Crippen molar-refractivity contribution in [2.24, 2.45) is 17.8 Å². The fourth-order valence-corrected chi connectivity index (χ4v) is 3.72. The zero-order chi connectivity index (χ0) is 12.9. The Kier molecular flexibility index (Phi) is 3.07. The van der Waals surface area contributed by atoms with Crippen LogP contribution in [0.4, 0.5) is 8.78 Å². The second kappa shape index (κ2) is 4.46. The summed E-state index contributed by atoms with van der Waals surface area (Å²) < 4.78 is 26.5. The predicted octanol–water partition coefficient (Wildman–Crippen LogP) is 3.92. The highest BCUT2D eigenvalue weighted by molar-refractivity contribution is 6.31. The molecule has 0 bridgehead atoms. The first-order valence-corrected chi connectivity index (χ1v) is 6.79. The summed E-state index contributed by atoms with van der Waals surface area (Å²) in [6, 6.07) is 2.34. The minimum absolute atomic E-state index is 0.0281. The van der Waals surface area contributed by atoms with Crippen LogP contribution in [0.2, 0.25) is 5.02 Å². The van der Waals surface area contributed by atoms with Gasteiger partial charge in [-0.05, 0) is 61.8 Å². The molecule has 0 aromatic heterocycles. The van der Waals surface area contributed by atoms with Gasteiger partial charge in [-0.25, -0.2) is 8.78 Å². The van der Waals surface area contributed by atoms with E-state index in [-0.39, 0.29) is 6.04 Å². The van der Waals surface area contributed by atoms with Crippen LogP contribution in [0, 0.1) is 29.4 Å². The molecule has 1 nitrogen and oxygen atoms in total. The molecule has 0 aliphatic heterocycles. The maximum atomic E-state index is 13.4. The fourth-order valence-electron chi connectivity index (χ4n) is 3.46. The van der Waals surface area contributed by atoms with E-state index in [4.69, 9.17) is 11.6 Å². The molecular formula is C14H16ClF2N. The number of hydrogen-bond acceptors (Lipinski definition) is 1. The molecule has 0 saturated heterocycles. The molecule has 1 N–H and O–H groups in total. The first kappa shape index (κ1) is 12.4. The van der Waals surface area contributed by atoms with Crippen LogP contribution >= 0.6 is 11.6 Å². The molecule has 1 aromatic rings. The van der Waals surface area contributed by atoms with E-state index in [2.05, 4.69) is 5.32 Å². The first-order valence-electron chi connectivity index (χ1n) is 6.42. The van der Waals surface area contributed by atoms with Gasteiger partial charge in [0.1, 0.15) is 0 Å². The quantitative estimate of drug-likeness (QED) is 0.822. The largest absolute Gasteiger partial charge is 0.313 e. The third-order valence-electron chi connectivity index (χ3n) is 4.44. The van der Waals surface area contributed by atoms with Gasteiger partial charge >= 0.3 is 0 Å². The lowest BCUT2D eigenvalue weighted by molar-refractivity contribution is 0.357. The minimum atomic E-state index is -0.882. The van der Waals surface area contributed by atoms with Gasteiger partial charge in [0.25, 0.3) is 0 Å². The molecular weight excluding hydrogens is 256 g/mol. The molecule has 0 spiro atoms. The van der Waals surface area contributed by atoms with E-state index in [1.165, 1.54) is 25.3 Å². The minimum Gasteiger partial charge on any atom is -0.313 e. The second-order valence-corrected chi connectivity index (χ2v) is 5.95. The predicted molar refractivity (Wildman–Crippen MR) is 67.5 cm³/mol. The van der Waals surface area contributed by atoms with Crippen LogP contribution in [0.15, 0.2) is 12.1 Å². The lowest BCUT2D eigenvalue weighted by Gasteiger charge is -2.25. The van der Waals surface area contributed by atoms with Crippen LogP contribution in [0.5, 0.6) is 0 Å². The monoisotopic (exact) mass is 271 g/mol. The number of halogens is 3. The maximum absolute atomic E-state index is 13.4. The Balaban J connectivity index is 1.88. The molecule has 2 fully saturated rings. The molecule has 0 heterocycles. The van der Waals surface area contributed by atoms with E-state index in [0.717, 1.165) is 17.9 Å². The van der Waals surface area contributed by atoms with E-state index in [9.17, 15) is 8.78 Å². The summed E-state index contributed by atoms with van der Waals surface area (Å²) >= 11 is 6.05. The van der Waals surface area contributed by atoms with Crippen molar-refractivity contribution in [3.63, 3.8) is 0 Å².